The quantitative estimate of drug-likeness (QED) is 0.847. The number of nitrogens with zero attached hydrogens (tertiary/aromatic N) is 2. The topological polar surface area (TPSA) is 47.0 Å². The Hall–Kier alpha value is -1.94. The molecule has 112 valence electrons. The average molecular weight is 285 g/mol. The SMILES string of the molecule is COc1ncccc1CNC(CC(C)C)c1ccccn1. The van der Waals surface area contributed by atoms with Crippen molar-refractivity contribution in [2.45, 2.75) is 32.9 Å². The molecule has 0 amide bonds. The Balaban J connectivity index is 2.09. The summed E-state index contributed by atoms with van der Waals surface area (Å²) >= 11 is 0. The third-order valence-corrected chi connectivity index (χ3v) is 3.33. The number of pyridine rings is 2. The van der Waals surface area contributed by atoms with Crippen LogP contribution in [0.15, 0.2) is 42.7 Å². The molecule has 1 atom stereocenters. The van der Waals surface area contributed by atoms with Gasteiger partial charge in [0.2, 0.25) is 5.88 Å². The molecular weight excluding hydrogens is 262 g/mol. The molecule has 2 aromatic heterocycles. The van der Waals surface area contributed by atoms with Gasteiger partial charge in [0.05, 0.1) is 12.8 Å². The van der Waals surface area contributed by atoms with E-state index in [-0.39, 0.29) is 6.04 Å². The first-order valence-corrected chi connectivity index (χ1v) is 7.33. The highest BCUT2D eigenvalue weighted by atomic mass is 16.5. The molecule has 0 aliphatic heterocycles. The number of hydrogen-bond acceptors (Lipinski definition) is 4. The van der Waals surface area contributed by atoms with Gasteiger partial charge in [-0.2, -0.15) is 0 Å². The van der Waals surface area contributed by atoms with E-state index in [1.165, 1.54) is 0 Å². The lowest BCUT2D eigenvalue weighted by atomic mass is 10.0. The van der Waals surface area contributed by atoms with Crippen LogP contribution in [0.3, 0.4) is 0 Å². The second-order valence-corrected chi connectivity index (χ2v) is 5.49. The fraction of sp³-hybridized carbons (Fsp3) is 0.412. The van der Waals surface area contributed by atoms with Crippen molar-refractivity contribution in [2.75, 3.05) is 7.11 Å². The summed E-state index contributed by atoms with van der Waals surface area (Å²) in [5.74, 6) is 1.27. The monoisotopic (exact) mass is 285 g/mol. The number of hydrogen-bond donors (Lipinski definition) is 1. The summed E-state index contributed by atoms with van der Waals surface area (Å²) in [5.41, 5.74) is 2.14. The van der Waals surface area contributed by atoms with Crippen LogP contribution in [0.4, 0.5) is 0 Å². The van der Waals surface area contributed by atoms with Gasteiger partial charge in [0, 0.05) is 30.5 Å². The van der Waals surface area contributed by atoms with E-state index in [2.05, 4.69) is 35.2 Å². The van der Waals surface area contributed by atoms with E-state index in [1.807, 2.05) is 30.5 Å². The van der Waals surface area contributed by atoms with Gasteiger partial charge in [0.15, 0.2) is 0 Å². The van der Waals surface area contributed by atoms with E-state index in [0.29, 0.717) is 18.3 Å². The number of methoxy groups -OCH3 is 1. The van der Waals surface area contributed by atoms with E-state index >= 15 is 0 Å². The summed E-state index contributed by atoms with van der Waals surface area (Å²) in [6.07, 6.45) is 4.63. The van der Waals surface area contributed by atoms with Gasteiger partial charge in [-0.3, -0.25) is 4.98 Å². The van der Waals surface area contributed by atoms with E-state index in [0.717, 1.165) is 17.7 Å². The van der Waals surface area contributed by atoms with Crippen LogP contribution < -0.4 is 10.1 Å². The molecule has 0 aliphatic carbocycles. The van der Waals surface area contributed by atoms with E-state index < -0.39 is 0 Å². The zero-order chi connectivity index (χ0) is 15.1. The summed E-state index contributed by atoms with van der Waals surface area (Å²) in [4.78, 5) is 8.71. The summed E-state index contributed by atoms with van der Waals surface area (Å²) in [5, 5.41) is 3.58. The van der Waals surface area contributed by atoms with Crippen LogP contribution in [-0.2, 0) is 6.54 Å². The molecule has 1 N–H and O–H groups in total. The third-order valence-electron chi connectivity index (χ3n) is 3.33. The molecule has 21 heavy (non-hydrogen) atoms. The second-order valence-electron chi connectivity index (χ2n) is 5.49. The first-order chi connectivity index (χ1) is 10.2. The molecule has 0 saturated carbocycles. The Labute approximate surface area is 126 Å². The van der Waals surface area contributed by atoms with Crippen LogP contribution in [0, 0.1) is 5.92 Å². The highest BCUT2D eigenvalue weighted by molar-refractivity contribution is 5.25. The molecule has 0 aromatic carbocycles. The largest absolute Gasteiger partial charge is 0.481 e. The van der Waals surface area contributed by atoms with Gasteiger partial charge in [0.25, 0.3) is 0 Å². The van der Waals surface area contributed by atoms with Crippen LogP contribution in [0.25, 0.3) is 0 Å². The molecule has 0 radical (unpaired) electrons. The molecule has 4 heteroatoms. The minimum atomic E-state index is 0.233. The minimum Gasteiger partial charge on any atom is -0.481 e. The Morgan fingerprint density at radius 3 is 2.57 bits per heavy atom. The van der Waals surface area contributed by atoms with E-state index in [9.17, 15) is 0 Å². The first-order valence-electron chi connectivity index (χ1n) is 7.33. The molecule has 0 saturated heterocycles. The second kappa shape index (κ2) is 7.74. The van der Waals surface area contributed by atoms with Crippen molar-refractivity contribution in [3.8, 4) is 5.88 Å². The third kappa shape index (κ3) is 4.53. The van der Waals surface area contributed by atoms with Crippen LogP contribution in [0.1, 0.15) is 37.6 Å². The fourth-order valence-electron chi connectivity index (χ4n) is 2.34. The first kappa shape index (κ1) is 15.4. The van der Waals surface area contributed by atoms with Gasteiger partial charge in [-0.1, -0.05) is 26.0 Å². The van der Waals surface area contributed by atoms with Gasteiger partial charge in [0.1, 0.15) is 0 Å². The molecule has 2 rings (SSSR count). The van der Waals surface area contributed by atoms with Crippen molar-refractivity contribution in [2.24, 2.45) is 5.92 Å². The lowest BCUT2D eigenvalue weighted by molar-refractivity contribution is 0.381. The molecule has 4 nitrogen and oxygen atoms in total. The van der Waals surface area contributed by atoms with Crippen molar-refractivity contribution < 1.29 is 4.74 Å². The predicted octanol–water partition coefficient (Wildman–Crippen LogP) is 3.36. The summed E-state index contributed by atoms with van der Waals surface area (Å²) in [6.45, 7) is 5.16. The van der Waals surface area contributed by atoms with Gasteiger partial charge in [-0.05, 0) is 30.5 Å². The molecule has 0 spiro atoms. The maximum atomic E-state index is 5.30. The predicted molar refractivity (Wildman–Crippen MR) is 84.1 cm³/mol. The zero-order valence-electron chi connectivity index (χ0n) is 12.9. The number of ether oxygens (including phenoxy) is 1. The average Bonchev–Trinajstić information content (AvgIpc) is 2.52. The van der Waals surface area contributed by atoms with Gasteiger partial charge < -0.3 is 10.1 Å². The van der Waals surface area contributed by atoms with Gasteiger partial charge >= 0.3 is 0 Å². The summed E-state index contributed by atoms with van der Waals surface area (Å²) in [7, 11) is 1.65. The lowest BCUT2D eigenvalue weighted by Gasteiger charge is -2.20. The standard InChI is InChI=1S/C17H23N3O/c1-13(2)11-16(15-8-4-5-9-18-15)20-12-14-7-6-10-19-17(14)21-3/h4-10,13,16,20H,11-12H2,1-3H3. The zero-order valence-corrected chi connectivity index (χ0v) is 12.9. The summed E-state index contributed by atoms with van der Waals surface area (Å²) in [6, 6.07) is 10.2. The number of nitrogens with one attached hydrogen (secondary N) is 1. The van der Waals surface area contributed by atoms with Crippen LogP contribution in [-0.4, -0.2) is 17.1 Å². The van der Waals surface area contributed by atoms with Crippen LogP contribution >= 0.6 is 0 Å². The van der Waals surface area contributed by atoms with Crippen molar-refractivity contribution in [1.29, 1.82) is 0 Å². The molecule has 0 aliphatic rings. The molecule has 2 aromatic rings. The highest BCUT2D eigenvalue weighted by Gasteiger charge is 2.15. The van der Waals surface area contributed by atoms with Crippen LogP contribution in [0.2, 0.25) is 0 Å². The highest BCUT2D eigenvalue weighted by Crippen LogP contribution is 2.21. The minimum absolute atomic E-state index is 0.233. The Bertz CT molecular complexity index is 543. The smallest absolute Gasteiger partial charge is 0.217 e. The van der Waals surface area contributed by atoms with Gasteiger partial charge in [-0.15, -0.1) is 0 Å². The maximum Gasteiger partial charge on any atom is 0.217 e. The van der Waals surface area contributed by atoms with E-state index in [1.54, 1.807) is 13.3 Å². The molecule has 1 unspecified atom stereocenters. The molecular formula is C17H23N3O. The number of aromatic nitrogens is 2. The lowest BCUT2D eigenvalue weighted by Crippen LogP contribution is -2.23. The number of rotatable bonds is 7. The normalized spacial score (nSPS) is 12.4. The van der Waals surface area contributed by atoms with Crippen molar-refractivity contribution >= 4 is 0 Å². The van der Waals surface area contributed by atoms with Crippen molar-refractivity contribution in [3.05, 3.63) is 54.0 Å². The Morgan fingerprint density at radius 2 is 1.90 bits per heavy atom. The Kier molecular flexibility index (Phi) is 5.69. The van der Waals surface area contributed by atoms with E-state index in [4.69, 9.17) is 4.74 Å². The Morgan fingerprint density at radius 1 is 1.10 bits per heavy atom. The molecule has 0 bridgehead atoms. The van der Waals surface area contributed by atoms with Crippen LogP contribution in [0.5, 0.6) is 5.88 Å². The summed E-state index contributed by atoms with van der Waals surface area (Å²) < 4.78 is 5.30. The molecule has 0 fully saturated rings. The van der Waals surface area contributed by atoms with Gasteiger partial charge in [-0.25, -0.2) is 4.98 Å². The fourth-order valence-corrected chi connectivity index (χ4v) is 2.34. The molecule has 2 heterocycles. The van der Waals surface area contributed by atoms with Crippen molar-refractivity contribution in [3.63, 3.8) is 0 Å². The van der Waals surface area contributed by atoms with Crippen molar-refractivity contribution in [1.82, 2.24) is 15.3 Å². The maximum absolute atomic E-state index is 5.30.